The highest BCUT2D eigenvalue weighted by molar-refractivity contribution is 5.90. The number of aryl methyl sites for hydroxylation is 1. The average Bonchev–Trinajstić information content (AvgIpc) is 3.08. The Morgan fingerprint density at radius 3 is 2.90 bits per heavy atom. The van der Waals surface area contributed by atoms with Crippen LogP contribution >= 0.6 is 0 Å². The Morgan fingerprint density at radius 2 is 2.25 bits per heavy atom. The van der Waals surface area contributed by atoms with Gasteiger partial charge in [0.1, 0.15) is 0 Å². The number of nitrogens with one attached hydrogen (secondary N) is 2. The van der Waals surface area contributed by atoms with Gasteiger partial charge in [-0.25, -0.2) is 9.78 Å². The molecule has 0 aromatic carbocycles. The van der Waals surface area contributed by atoms with Crippen LogP contribution < -0.4 is 0 Å². The molecule has 0 bridgehead atoms. The third-order valence-corrected chi connectivity index (χ3v) is 2.66. The number of esters is 1. The number of aromatic amines is 2. The van der Waals surface area contributed by atoms with Crippen molar-refractivity contribution in [1.29, 1.82) is 0 Å². The van der Waals surface area contributed by atoms with Gasteiger partial charge < -0.3 is 9.72 Å². The SMILES string of the molecule is CCOC(=O)c1c[nH]cc1C.c1cnc2[nH]ncc2c1. The summed E-state index contributed by atoms with van der Waals surface area (Å²) in [5.41, 5.74) is 2.38. The van der Waals surface area contributed by atoms with Gasteiger partial charge in [-0.05, 0) is 31.5 Å². The monoisotopic (exact) mass is 272 g/mol. The van der Waals surface area contributed by atoms with E-state index < -0.39 is 0 Å². The molecule has 104 valence electrons. The highest BCUT2D eigenvalue weighted by atomic mass is 16.5. The predicted molar refractivity (Wildman–Crippen MR) is 75.4 cm³/mol. The minimum absolute atomic E-state index is 0.258. The fraction of sp³-hybridized carbons (Fsp3) is 0.214. The zero-order valence-corrected chi connectivity index (χ0v) is 11.4. The quantitative estimate of drug-likeness (QED) is 0.702. The standard InChI is InChI=1S/C8H11NO2.C6H5N3/c1-3-11-8(10)7-5-9-4-6(7)2;1-2-5-4-8-9-6(5)7-3-1/h4-5,9H,3H2,1-2H3;1-4H,(H,7,8,9). The second-order valence-corrected chi connectivity index (χ2v) is 4.08. The van der Waals surface area contributed by atoms with E-state index in [2.05, 4.69) is 20.2 Å². The Balaban J connectivity index is 0.000000149. The largest absolute Gasteiger partial charge is 0.462 e. The van der Waals surface area contributed by atoms with Crippen LogP contribution in [0, 0.1) is 6.92 Å². The van der Waals surface area contributed by atoms with Crippen molar-refractivity contribution in [2.45, 2.75) is 13.8 Å². The lowest BCUT2D eigenvalue weighted by molar-refractivity contribution is 0.0526. The summed E-state index contributed by atoms with van der Waals surface area (Å²) in [5.74, 6) is -0.258. The summed E-state index contributed by atoms with van der Waals surface area (Å²) in [7, 11) is 0. The van der Waals surface area contributed by atoms with Gasteiger partial charge in [-0.3, -0.25) is 5.10 Å². The maximum absolute atomic E-state index is 11.1. The molecule has 20 heavy (non-hydrogen) atoms. The van der Waals surface area contributed by atoms with Gasteiger partial charge in [0.2, 0.25) is 0 Å². The van der Waals surface area contributed by atoms with E-state index in [1.807, 2.05) is 19.1 Å². The molecule has 0 saturated heterocycles. The molecule has 6 nitrogen and oxygen atoms in total. The van der Waals surface area contributed by atoms with E-state index in [0.717, 1.165) is 16.6 Å². The molecule has 3 aromatic heterocycles. The first-order valence-corrected chi connectivity index (χ1v) is 6.27. The normalized spacial score (nSPS) is 9.90. The molecular weight excluding hydrogens is 256 g/mol. The summed E-state index contributed by atoms with van der Waals surface area (Å²) >= 11 is 0. The summed E-state index contributed by atoms with van der Waals surface area (Å²) in [4.78, 5) is 17.9. The van der Waals surface area contributed by atoms with Crippen molar-refractivity contribution >= 4 is 17.0 Å². The maximum Gasteiger partial charge on any atom is 0.339 e. The fourth-order valence-electron chi connectivity index (χ4n) is 1.65. The third kappa shape index (κ3) is 3.23. The number of hydrogen-bond donors (Lipinski definition) is 2. The van der Waals surface area contributed by atoms with Crippen LogP contribution in [-0.2, 0) is 4.74 Å². The van der Waals surface area contributed by atoms with E-state index in [-0.39, 0.29) is 5.97 Å². The van der Waals surface area contributed by atoms with E-state index in [1.54, 1.807) is 31.7 Å². The Bertz CT molecular complexity index is 657. The van der Waals surface area contributed by atoms with Gasteiger partial charge in [0.25, 0.3) is 0 Å². The highest BCUT2D eigenvalue weighted by Crippen LogP contribution is 2.06. The van der Waals surface area contributed by atoms with Crippen molar-refractivity contribution in [2.75, 3.05) is 6.61 Å². The summed E-state index contributed by atoms with van der Waals surface area (Å²) in [6.45, 7) is 4.08. The van der Waals surface area contributed by atoms with Crippen LogP contribution in [0.1, 0.15) is 22.8 Å². The van der Waals surface area contributed by atoms with E-state index in [1.165, 1.54) is 0 Å². The van der Waals surface area contributed by atoms with Crippen LogP contribution in [-0.4, -0.2) is 32.7 Å². The van der Waals surface area contributed by atoms with Crippen LogP contribution in [0.2, 0.25) is 0 Å². The number of H-pyrrole nitrogens is 2. The van der Waals surface area contributed by atoms with E-state index >= 15 is 0 Å². The first-order valence-electron chi connectivity index (χ1n) is 6.27. The molecule has 0 aliphatic carbocycles. The smallest absolute Gasteiger partial charge is 0.339 e. The third-order valence-electron chi connectivity index (χ3n) is 2.66. The number of nitrogens with zero attached hydrogens (tertiary/aromatic N) is 2. The minimum atomic E-state index is -0.258. The van der Waals surface area contributed by atoms with Gasteiger partial charge in [-0.2, -0.15) is 5.10 Å². The maximum atomic E-state index is 11.1. The zero-order chi connectivity index (χ0) is 14.4. The first-order chi connectivity index (χ1) is 9.72. The lowest BCUT2D eigenvalue weighted by Crippen LogP contribution is -2.04. The summed E-state index contributed by atoms with van der Waals surface area (Å²) in [6, 6.07) is 3.85. The molecular formula is C14H16N4O2. The van der Waals surface area contributed by atoms with Crippen molar-refractivity contribution < 1.29 is 9.53 Å². The Labute approximate surface area is 116 Å². The van der Waals surface area contributed by atoms with Crippen LogP contribution in [0.4, 0.5) is 0 Å². The number of rotatable bonds is 2. The van der Waals surface area contributed by atoms with Gasteiger partial charge in [0.15, 0.2) is 5.65 Å². The second-order valence-electron chi connectivity index (χ2n) is 4.08. The van der Waals surface area contributed by atoms with Crippen LogP contribution in [0.25, 0.3) is 11.0 Å². The molecule has 0 atom stereocenters. The molecule has 3 heterocycles. The van der Waals surface area contributed by atoms with Crippen LogP contribution in [0.3, 0.4) is 0 Å². The number of carbonyl (C=O) groups is 1. The highest BCUT2D eigenvalue weighted by Gasteiger charge is 2.09. The molecule has 3 rings (SSSR count). The van der Waals surface area contributed by atoms with E-state index in [9.17, 15) is 4.79 Å². The first kappa shape index (κ1) is 13.8. The second kappa shape index (κ2) is 6.51. The number of aromatic nitrogens is 4. The van der Waals surface area contributed by atoms with Crippen molar-refractivity contribution in [1.82, 2.24) is 20.2 Å². The molecule has 3 aromatic rings. The number of ether oxygens (including phenoxy) is 1. The van der Waals surface area contributed by atoms with E-state index in [4.69, 9.17) is 4.74 Å². The van der Waals surface area contributed by atoms with Crippen LogP contribution in [0.15, 0.2) is 36.9 Å². The van der Waals surface area contributed by atoms with Crippen molar-refractivity contribution in [3.63, 3.8) is 0 Å². The molecule has 0 unspecified atom stereocenters. The molecule has 0 radical (unpaired) electrons. The summed E-state index contributed by atoms with van der Waals surface area (Å²) in [6.07, 6.45) is 6.91. The molecule has 0 saturated carbocycles. The Hall–Kier alpha value is -2.63. The lowest BCUT2D eigenvalue weighted by Gasteiger charge is -1.98. The van der Waals surface area contributed by atoms with Crippen molar-refractivity contribution in [3.8, 4) is 0 Å². The molecule has 2 N–H and O–H groups in total. The van der Waals surface area contributed by atoms with Gasteiger partial charge in [0, 0.05) is 24.0 Å². The molecule has 6 heteroatoms. The lowest BCUT2D eigenvalue weighted by atomic mass is 10.2. The topological polar surface area (TPSA) is 83.7 Å². The van der Waals surface area contributed by atoms with Gasteiger partial charge in [0.05, 0.1) is 18.4 Å². The molecule has 0 fully saturated rings. The Kier molecular flexibility index (Phi) is 4.49. The number of pyridine rings is 1. The summed E-state index contributed by atoms with van der Waals surface area (Å²) in [5, 5.41) is 7.63. The van der Waals surface area contributed by atoms with Crippen molar-refractivity contribution in [2.24, 2.45) is 0 Å². The number of hydrogen-bond acceptors (Lipinski definition) is 4. The molecule has 0 amide bonds. The van der Waals surface area contributed by atoms with Crippen LogP contribution in [0.5, 0.6) is 0 Å². The zero-order valence-electron chi connectivity index (χ0n) is 11.4. The molecule has 0 spiro atoms. The van der Waals surface area contributed by atoms with Crippen molar-refractivity contribution in [3.05, 3.63) is 48.0 Å². The fourth-order valence-corrected chi connectivity index (χ4v) is 1.65. The summed E-state index contributed by atoms with van der Waals surface area (Å²) < 4.78 is 4.81. The molecule has 0 aliphatic rings. The number of fused-ring (bicyclic) bond motifs is 1. The average molecular weight is 272 g/mol. The predicted octanol–water partition coefficient (Wildman–Crippen LogP) is 2.46. The minimum Gasteiger partial charge on any atom is -0.462 e. The Morgan fingerprint density at radius 1 is 1.40 bits per heavy atom. The van der Waals surface area contributed by atoms with Gasteiger partial charge in [-0.15, -0.1) is 0 Å². The number of carbonyl (C=O) groups excluding carboxylic acids is 1. The van der Waals surface area contributed by atoms with E-state index in [0.29, 0.717) is 12.2 Å². The molecule has 0 aliphatic heterocycles. The van der Waals surface area contributed by atoms with Gasteiger partial charge in [-0.1, -0.05) is 0 Å². The van der Waals surface area contributed by atoms with Gasteiger partial charge >= 0.3 is 5.97 Å².